The third kappa shape index (κ3) is 1.80. The second-order valence-corrected chi connectivity index (χ2v) is 4.16. The van der Waals surface area contributed by atoms with Crippen molar-refractivity contribution in [1.82, 2.24) is 15.3 Å². The van der Waals surface area contributed by atoms with Crippen molar-refractivity contribution in [1.29, 1.82) is 0 Å². The lowest BCUT2D eigenvalue weighted by atomic mass is 10.1. The number of rotatable bonds is 1. The fourth-order valence-corrected chi connectivity index (χ4v) is 2.14. The van der Waals surface area contributed by atoms with Gasteiger partial charge in [0.05, 0.1) is 11.4 Å². The number of hydrogen-bond donors (Lipinski definition) is 1. The molecule has 0 saturated heterocycles. The van der Waals surface area contributed by atoms with E-state index in [2.05, 4.69) is 15.3 Å². The van der Waals surface area contributed by atoms with Crippen LogP contribution < -0.4 is 5.32 Å². The van der Waals surface area contributed by atoms with Gasteiger partial charge < -0.3 is 5.32 Å². The first-order valence-electron chi connectivity index (χ1n) is 5.57. The lowest BCUT2D eigenvalue weighted by Crippen LogP contribution is -2.00. The van der Waals surface area contributed by atoms with E-state index in [-0.39, 0.29) is 5.82 Å². The van der Waals surface area contributed by atoms with Crippen LogP contribution in [0.5, 0.6) is 0 Å². The van der Waals surface area contributed by atoms with E-state index in [1.54, 1.807) is 12.1 Å². The van der Waals surface area contributed by atoms with E-state index in [1.165, 1.54) is 12.1 Å². The Morgan fingerprint density at radius 1 is 1.12 bits per heavy atom. The Morgan fingerprint density at radius 3 is 2.65 bits per heavy atom. The number of aromatic nitrogens is 2. The van der Waals surface area contributed by atoms with Gasteiger partial charge in [-0.2, -0.15) is 0 Å². The normalized spacial score (nSPS) is 13.8. The third-order valence-electron chi connectivity index (χ3n) is 2.92. The maximum Gasteiger partial charge on any atom is 0.126 e. The second-order valence-electron chi connectivity index (χ2n) is 4.16. The Kier molecular flexibility index (Phi) is 2.37. The smallest absolute Gasteiger partial charge is 0.126 e. The minimum absolute atomic E-state index is 0.228. The summed E-state index contributed by atoms with van der Waals surface area (Å²) < 4.78 is 12.9. The molecule has 4 heteroatoms. The van der Waals surface area contributed by atoms with Crippen molar-refractivity contribution in [3.8, 4) is 11.3 Å². The molecule has 1 N–H and O–H groups in total. The van der Waals surface area contributed by atoms with E-state index >= 15 is 0 Å². The molecule has 0 radical (unpaired) electrons. The maximum atomic E-state index is 12.9. The summed E-state index contributed by atoms with van der Waals surface area (Å²) >= 11 is 0. The first-order valence-corrected chi connectivity index (χ1v) is 5.57. The van der Waals surface area contributed by atoms with Gasteiger partial charge in [-0.15, -0.1) is 0 Å². The first kappa shape index (κ1) is 10.4. The van der Waals surface area contributed by atoms with E-state index in [0.29, 0.717) is 0 Å². The molecule has 1 aliphatic heterocycles. The van der Waals surface area contributed by atoms with Gasteiger partial charge in [0.25, 0.3) is 0 Å². The Morgan fingerprint density at radius 2 is 1.88 bits per heavy atom. The van der Waals surface area contributed by atoms with Gasteiger partial charge in [0.15, 0.2) is 0 Å². The minimum atomic E-state index is -0.228. The van der Waals surface area contributed by atoms with Crippen LogP contribution in [0.15, 0.2) is 24.3 Å². The van der Waals surface area contributed by atoms with E-state index in [0.717, 1.165) is 41.4 Å². The van der Waals surface area contributed by atoms with Crippen molar-refractivity contribution in [2.45, 2.75) is 20.0 Å². The van der Waals surface area contributed by atoms with Crippen molar-refractivity contribution in [2.75, 3.05) is 0 Å². The minimum Gasteiger partial charge on any atom is -0.307 e. The predicted octanol–water partition coefficient (Wildman–Crippen LogP) is 2.19. The molecular weight excluding hydrogens is 217 g/mol. The summed E-state index contributed by atoms with van der Waals surface area (Å²) in [7, 11) is 0. The van der Waals surface area contributed by atoms with Crippen molar-refractivity contribution < 1.29 is 4.39 Å². The average Bonchev–Trinajstić information content (AvgIpc) is 2.77. The van der Waals surface area contributed by atoms with Crippen LogP contribution in [0.1, 0.15) is 17.1 Å². The molecule has 1 aromatic carbocycles. The highest BCUT2D eigenvalue weighted by molar-refractivity contribution is 5.64. The summed E-state index contributed by atoms with van der Waals surface area (Å²) in [5.41, 5.74) is 4.04. The number of nitrogens with zero attached hydrogens (tertiary/aromatic N) is 2. The van der Waals surface area contributed by atoms with Crippen LogP contribution in [0, 0.1) is 12.7 Å². The van der Waals surface area contributed by atoms with Crippen LogP contribution in [-0.2, 0) is 13.1 Å². The van der Waals surface area contributed by atoms with Gasteiger partial charge in [0.2, 0.25) is 0 Å². The molecule has 0 saturated carbocycles. The zero-order chi connectivity index (χ0) is 11.8. The van der Waals surface area contributed by atoms with Gasteiger partial charge in [-0.05, 0) is 31.2 Å². The average molecular weight is 229 g/mol. The Hall–Kier alpha value is -1.81. The summed E-state index contributed by atoms with van der Waals surface area (Å²) in [5.74, 6) is 0.529. The van der Waals surface area contributed by atoms with E-state index < -0.39 is 0 Å². The molecule has 0 amide bonds. The topological polar surface area (TPSA) is 37.8 Å². The Balaban J connectivity index is 2.17. The van der Waals surface area contributed by atoms with Gasteiger partial charge >= 0.3 is 0 Å². The number of benzene rings is 1. The third-order valence-corrected chi connectivity index (χ3v) is 2.92. The highest BCUT2D eigenvalue weighted by atomic mass is 19.1. The summed E-state index contributed by atoms with van der Waals surface area (Å²) in [4.78, 5) is 8.88. The summed E-state index contributed by atoms with van der Waals surface area (Å²) in [5, 5.41) is 3.26. The highest BCUT2D eigenvalue weighted by Gasteiger charge is 2.18. The molecule has 86 valence electrons. The molecule has 3 rings (SSSR count). The molecule has 1 aliphatic rings. The number of aryl methyl sites for hydroxylation is 1. The molecule has 2 aromatic rings. The standard InChI is InChI=1S/C13H12FN3/c1-8-16-12-7-15-6-11(12)13(17-8)9-2-4-10(14)5-3-9/h2-5,15H,6-7H2,1H3. The van der Waals surface area contributed by atoms with Gasteiger partial charge in [-0.25, -0.2) is 14.4 Å². The van der Waals surface area contributed by atoms with Gasteiger partial charge in [-0.3, -0.25) is 0 Å². The van der Waals surface area contributed by atoms with E-state index in [4.69, 9.17) is 0 Å². The van der Waals surface area contributed by atoms with Crippen molar-refractivity contribution in [2.24, 2.45) is 0 Å². The highest BCUT2D eigenvalue weighted by Crippen LogP contribution is 2.26. The first-order chi connectivity index (χ1) is 8.24. The van der Waals surface area contributed by atoms with E-state index in [9.17, 15) is 4.39 Å². The van der Waals surface area contributed by atoms with Gasteiger partial charge in [0, 0.05) is 24.2 Å². The lowest BCUT2D eigenvalue weighted by Gasteiger charge is -2.07. The molecule has 2 heterocycles. The second kappa shape index (κ2) is 3.89. The summed E-state index contributed by atoms with van der Waals surface area (Å²) in [6, 6.07) is 6.44. The van der Waals surface area contributed by atoms with Crippen LogP contribution >= 0.6 is 0 Å². The summed E-state index contributed by atoms with van der Waals surface area (Å²) in [6.07, 6.45) is 0. The van der Waals surface area contributed by atoms with E-state index in [1.807, 2.05) is 6.92 Å². The monoisotopic (exact) mass is 229 g/mol. The zero-order valence-corrected chi connectivity index (χ0v) is 9.50. The number of fused-ring (bicyclic) bond motifs is 1. The SMILES string of the molecule is Cc1nc2c(c(-c3ccc(F)cc3)n1)CNC2. The Bertz CT molecular complexity index is 564. The van der Waals surface area contributed by atoms with Crippen molar-refractivity contribution in [3.05, 3.63) is 47.2 Å². The number of nitrogens with one attached hydrogen (secondary N) is 1. The zero-order valence-electron chi connectivity index (χ0n) is 9.50. The van der Waals surface area contributed by atoms with Gasteiger partial charge in [0.1, 0.15) is 11.6 Å². The Labute approximate surface area is 98.7 Å². The van der Waals surface area contributed by atoms with Crippen LogP contribution in [0.25, 0.3) is 11.3 Å². The van der Waals surface area contributed by atoms with Crippen molar-refractivity contribution in [3.63, 3.8) is 0 Å². The van der Waals surface area contributed by atoms with Crippen LogP contribution in [0.3, 0.4) is 0 Å². The molecule has 3 nitrogen and oxygen atoms in total. The molecule has 0 unspecified atom stereocenters. The lowest BCUT2D eigenvalue weighted by molar-refractivity contribution is 0.628. The van der Waals surface area contributed by atoms with Crippen LogP contribution in [0.4, 0.5) is 4.39 Å². The number of halogens is 1. The van der Waals surface area contributed by atoms with Crippen LogP contribution in [0.2, 0.25) is 0 Å². The van der Waals surface area contributed by atoms with Gasteiger partial charge in [-0.1, -0.05) is 0 Å². The quantitative estimate of drug-likeness (QED) is 0.814. The fourth-order valence-electron chi connectivity index (χ4n) is 2.14. The molecule has 1 aromatic heterocycles. The number of hydrogen-bond acceptors (Lipinski definition) is 3. The fraction of sp³-hybridized carbons (Fsp3) is 0.231. The molecular formula is C13H12FN3. The molecule has 0 aliphatic carbocycles. The molecule has 0 atom stereocenters. The molecule has 0 fully saturated rings. The van der Waals surface area contributed by atoms with Crippen molar-refractivity contribution >= 4 is 0 Å². The van der Waals surface area contributed by atoms with Crippen LogP contribution in [-0.4, -0.2) is 9.97 Å². The molecule has 0 bridgehead atoms. The maximum absolute atomic E-state index is 12.9. The largest absolute Gasteiger partial charge is 0.307 e. The predicted molar refractivity (Wildman–Crippen MR) is 62.7 cm³/mol. The molecule has 17 heavy (non-hydrogen) atoms. The molecule has 0 spiro atoms. The summed E-state index contributed by atoms with van der Waals surface area (Å²) in [6.45, 7) is 3.45.